The van der Waals surface area contributed by atoms with Crippen LogP contribution in [0.25, 0.3) is 0 Å². The fourth-order valence-electron chi connectivity index (χ4n) is 1.82. The van der Waals surface area contributed by atoms with Gasteiger partial charge in [0.05, 0.1) is 12.8 Å². The van der Waals surface area contributed by atoms with E-state index in [9.17, 15) is 9.59 Å². The molecular weight excluding hydrogens is 378 g/mol. The van der Waals surface area contributed by atoms with Crippen LogP contribution in [0.15, 0.2) is 53.0 Å². The first-order valence-electron chi connectivity index (χ1n) is 7.05. The van der Waals surface area contributed by atoms with Gasteiger partial charge in [-0.05, 0) is 30.3 Å². The summed E-state index contributed by atoms with van der Waals surface area (Å²) in [5.41, 5.74) is 0.506. The van der Waals surface area contributed by atoms with Crippen molar-refractivity contribution in [3.05, 3.63) is 53.0 Å². The Morgan fingerprint density at radius 3 is 2.62 bits per heavy atom. The number of benzene rings is 2. The Balaban J connectivity index is 1.76. The maximum atomic E-state index is 11.8. The zero-order chi connectivity index (χ0) is 17.4. The summed E-state index contributed by atoms with van der Waals surface area (Å²) in [7, 11) is 1.50. The van der Waals surface area contributed by atoms with E-state index < -0.39 is 18.5 Å². The van der Waals surface area contributed by atoms with Crippen LogP contribution < -0.4 is 14.8 Å². The smallest absolute Gasteiger partial charge is 0.344 e. The van der Waals surface area contributed by atoms with Gasteiger partial charge in [-0.2, -0.15) is 0 Å². The molecule has 6 nitrogen and oxygen atoms in total. The van der Waals surface area contributed by atoms with Crippen LogP contribution in [0.3, 0.4) is 0 Å². The van der Waals surface area contributed by atoms with Gasteiger partial charge >= 0.3 is 5.97 Å². The normalized spacial score (nSPS) is 9.92. The number of hydrogen-bond donors (Lipinski definition) is 1. The maximum Gasteiger partial charge on any atom is 0.344 e. The molecule has 0 bridgehead atoms. The highest BCUT2D eigenvalue weighted by Gasteiger charge is 2.11. The lowest BCUT2D eigenvalue weighted by atomic mass is 10.3. The Labute approximate surface area is 147 Å². The van der Waals surface area contributed by atoms with Gasteiger partial charge in [-0.3, -0.25) is 4.79 Å². The number of ether oxygens (including phenoxy) is 3. The number of carbonyl (C=O) groups is 2. The number of methoxy groups -OCH3 is 1. The third-order valence-corrected chi connectivity index (χ3v) is 3.39. The molecule has 0 saturated heterocycles. The monoisotopic (exact) mass is 393 g/mol. The summed E-state index contributed by atoms with van der Waals surface area (Å²) in [6.45, 7) is -0.683. The molecule has 0 aliphatic rings. The van der Waals surface area contributed by atoms with Crippen molar-refractivity contribution in [2.45, 2.75) is 0 Å². The Kier molecular flexibility index (Phi) is 6.62. The van der Waals surface area contributed by atoms with Crippen molar-refractivity contribution in [3.63, 3.8) is 0 Å². The highest BCUT2D eigenvalue weighted by atomic mass is 79.9. The topological polar surface area (TPSA) is 73.9 Å². The number of hydrogen-bond acceptors (Lipinski definition) is 5. The van der Waals surface area contributed by atoms with E-state index >= 15 is 0 Å². The minimum Gasteiger partial charge on any atom is -0.495 e. The van der Waals surface area contributed by atoms with Crippen LogP contribution in [0, 0.1) is 0 Å². The van der Waals surface area contributed by atoms with Crippen LogP contribution in [-0.4, -0.2) is 32.2 Å². The van der Waals surface area contributed by atoms with Gasteiger partial charge in [0.2, 0.25) is 0 Å². The second-order valence-corrected chi connectivity index (χ2v) is 5.57. The molecule has 0 saturated carbocycles. The average molecular weight is 394 g/mol. The second kappa shape index (κ2) is 8.93. The van der Waals surface area contributed by atoms with Gasteiger partial charge in [0, 0.05) is 4.47 Å². The molecule has 2 rings (SSSR count). The molecule has 0 heterocycles. The average Bonchev–Trinajstić information content (AvgIpc) is 2.58. The molecule has 24 heavy (non-hydrogen) atoms. The lowest BCUT2D eigenvalue weighted by Crippen LogP contribution is -2.23. The van der Waals surface area contributed by atoms with Crippen molar-refractivity contribution >= 4 is 33.5 Å². The van der Waals surface area contributed by atoms with Gasteiger partial charge in [-0.15, -0.1) is 0 Å². The molecule has 7 heteroatoms. The van der Waals surface area contributed by atoms with E-state index in [1.54, 1.807) is 42.5 Å². The zero-order valence-electron chi connectivity index (χ0n) is 13.0. The van der Waals surface area contributed by atoms with E-state index in [1.807, 2.05) is 6.07 Å². The number of rotatable bonds is 7. The van der Waals surface area contributed by atoms with Crippen molar-refractivity contribution in [1.29, 1.82) is 0 Å². The van der Waals surface area contributed by atoms with Crippen LogP contribution in [-0.2, 0) is 14.3 Å². The molecule has 0 fully saturated rings. The molecule has 126 valence electrons. The quantitative estimate of drug-likeness (QED) is 0.731. The van der Waals surface area contributed by atoms with Gasteiger partial charge in [0.15, 0.2) is 13.2 Å². The second-order valence-electron chi connectivity index (χ2n) is 4.66. The molecule has 0 radical (unpaired) electrons. The van der Waals surface area contributed by atoms with Crippen molar-refractivity contribution in [1.82, 2.24) is 0 Å². The van der Waals surface area contributed by atoms with Crippen LogP contribution >= 0.6 is 15.9 Å². The van der Waals surface area contributed by atoms with E-state index in [1.165, 1.54) is 7.11 Å². The Bertz CT molecular complexity index is 720. The SMILES string of the molecule is COc1ccccc1NC(=O)COC(=O)COc1cccc(Br)c1. The van der Waals surface area contributed by atoms with E-state index in [-0.39, 0.29) is 6.61 Å². The molecule has 0 unspecified atom stereocenters. The summed E-state index contributed by atoms with van der Waals surface area (Å²) >= 11 is 3.30. The van der Waals surface area contributed by atoms with Crippen LogP contribution in [0.4, 0.5) is 5.69 Å². The number of carbonyl (C=O) groups excluding carboxylic acids is 2. The Hall–Kier alpha value is -2.54. The minimum absolute atomic E-state index is 0.279. The van der Waals surface area contributed by atoms with E-state index in [2.05, 4.69) is 21.2 Å². The number of amides is 1. The van der Waals surface area contributed by atoms with Crippen molar-refractivity contribution in [3.8, 4) is 11.5 Å². The molecule has 0 atom stereocenters. The third-order valence-electron chi connectivity index (χ3n) is 2.90. The first kappa shape index (κ1) is 17.8. The summed E-state index contributed by atoms with van der Waals surface area (Å²) < 4.78 is 16.1. The highest BCUT2D eigenvalue weighted by Crippen LogP contribution is 2.22. The third kappa shape index (κ3) is 5.58. The zero-order valence-corrected chi connectivity index (χ0v) is 14.5. The maximum absolute atomic E-state index is 11.8. The van der Waals surface area contributed by atoms with Crippen LogP contribution in [0.5, 0.6) is 11.5 Å². The molecule has 2 aromatic rings. The molecule has 0 aromatic heterocycles. The van der Waals surface area contributed by atoms with E-state index in [4.69, 9.17) is 14.2 Å². The summed E-state index contributed by atoms with van der Waals surface area (Å²) in [6, 6.07) is 14.0. The van der Waals surface area contributed by atoms with E-state index in [0.29, 0.717) is 17.2 Å². The Morgan fingerprint density at radius 1 is 1.08 bits per heavy atom. The summed E-state index contributed by atoms with van der Waals surface area (Å²) in [5.74, 6) is -0.0459. The standard InChI is InChI=1S/C17H16BrNO5/c1-22-15-8-3-2-7-14(15)19-16(20)10-24-17(21)11-23-13-6-4-5-12(18)9-13/h2-9H,10-11H2,1H3,(H,19,20). The minimum atomic E-state index is -0.634. The molecule has 0 aliphatic heterocycles. The van der Waals surface area contributed by atoms with Gasteiger partial charge in [-0.25, -0.2) is 4.79 Å². The number of anilines is 1. The number of para-hydroxylation sites is 2. The first-order valence-corrected chi connectivity index (χ1v) is 7.84. The summed E-state index contributed by atoms with van der Waals surface area (Å²) in [6.07, 6.45) is 0. The molecular formula is C17H16BrNO5. The molecule has 1 amide bonds. The van der Waals surface area contributed by atoms with E-state index in [0.717, 1.165) is 4.47 Å². The molecule has 0 aliphatic carbocycles. The fourth-order valence-corrected chi connectivity index (χ4v) is 2.20. The number of halogens is 1. The fraction of sp³-hybridized carbons (Fsp3) is 0.176. The lowest BCUT2D eigenvalue weighted by molar-refractivity contribution is -0.149. The van der Waals surface area contributed by atoms with Crippen LogP contribution in [0.1, 0.15) is 0 Å². The van der Waals surface area contributed by atoms with Crippen molar-refractivity contribution < 1.29 is 23.8 Å². The predicted octanol–water partition coefficient (Wildman–Crippen LogP) is 3.02. The van der Waals surface area contributed by atoms with Crippen molar-refractivity contribution in [2.24, 2.45) is 0 Å². The van der Waals surface area contributed by atoms with Gasteiger partial charge in [-0.1, -0.05) is 34.1 Å². The van der Waals surface area contributed by atoms with Gasteiger partial charge in [0.25, 0.3) is 5.91 Å². The molecule has 1 N–H and O–H groups in total. The van der Waals surface area contributed by atoms with Gasteiger partial charge in [0.1, 0.15) is 11.5 Å². The lowest BCUT2D eigenvalue weighted by Gasteiger charge is -2.10. The molecule has 0 spiro atoms. The van der Waals surface area contributed by atoms with Crippen molar-refractivity contribution in [2.75, 3.05) is 25.6 Å². The summed E-state index contributed by atoms with van der Waals surface area (Å²) in [4.78, 5) is 23.4. The van der Waals surface area contributed by atoms with Gasteiger partial charge < -0.3 is 19.5 Å². The largest absolute Gasteiger partial charge is 0.495 e. The summed E-state index contributed by atoms with van der Waals surface area (Å²) in [5, 5.41) is 2.61. The highest BCUT2D eigenvalue weighted by molar-refractivity contribution is 9.10. The Morgan fingerprint density at radius 2 is 1.88 bits per heavy atom. The first-order chi connectivity index (χ1) is 11.6. The number of esters is 1. The number of nitrogens with one attached hydrogen (secondary N) is 1. The predicted molar refractivity (Wildman–Crippen MR) is 92.2 cm³/mol. The van der Waals surface area contributed by atoms with Crippen LogP contribution in [0.2, 0.25) is 0 Å². The molecule has 2 aromatic carbocycles.